The van der Waals surface area contributed by atoms with Gasteiger partial charge in [0.1, 0.15) is 5.71 Å². The molecule has 0 saturated heterocycles. The first kappa shape index (κ1) is 28.4. The monoisotopic (exact) mass is 430 g/mol. The van der Waals surface area contributed by atoms with Crippen LogP contribution in [0.1, 0.15) is 70.4 Å². The number of nitrogens with zero attached hydrogens (tertiary/aromatic N) is 2. The maximum atomic E-state index is 14.7. The summed E-state index contributed by atoms with van der Waals surface area (Å²) in [6.45, 7) is 9.32. The molecule has 0 aliphatic heterocycles. The summed E-state index contributed by atoms with van der Waals surface area (Å²) in [4.78, 5) is 20.5. The van der Waals surface area contributed by atoms with Crippen LogP contribution in [0.3, 0.4) is 0 Å². The summed E-state index contributed by atoms with van der Waals surface area (Å²) >= 11 is 0. The number of hydrogen-bond acceptors (Lipinski definition) is 4. The van der Waals surface area contributed by atoms with E-state index >= 15 is 0 Å². The van der Waals surface area contributed by atoms with Gasteiger partial charge in [-0.2, -0.15) is 0 Å². The van der Waals surface area contributed by atoms with Crippen molar-refractivity contribution in [2.45, 2.75) is 65.3 Å². The minimum Gasteiger partial charge on any atom is -0.355 e. The van der Waals surface area contributed by atoms with E-state index in [0.29, 0.717) is 11.1 Å². The van der Waals surface area contributed by atoms with Crippen LogP contribution in [0.15, 0.2) is 52.4 Å². The lowest BCUT2D eigenvalue weighted by Crippen LogP contribution is -2.19. The van der Waals surface area contributed by atoms with E-state index in [-0.39, 0.29) is 17.7 Å². The van der Waals surface area contributed by atoms with Crippen molar-refractivity contribution in [1.29, 1.82) is 0 Å². The van der Waals surface area contributed by atoms with Crippen LogP contribution < -0.4 is 11.1 Å². The fourth-order valence-electron chi connectivity index (χ4n) is 3.32. The van der Waals surface area contributed by atoms with Gasteiger partial charge in [-0.1, -0.05) is 64.3 Å². The molecule has 1 fully saturated rings. The maximum Gasteiger partial charge on any atom is 0.251 e. The highest BCUT2D eigenvalue weighted by Gasteiger charge is 2.18. The lowest BCUT2D eigenvalue weighted by molar-refractivity contribution is -0.115. The van der Waals surface area contributed by atoms with Crippen molar-refractivity contribution in [2.75, 3.05) is 14.1 Å². The Morgan fingerprint density at radius 1 is 1.23 bits per heavy atom. The Balaban J connectivity index is 0.00000212. The third-order valence-electron chi connectivity index (χ3n) is 4.64. The Morgan fingerprint density at radius 2 is 1.84 bits per heavy atom. The molecule has 1 saturated carbocycles. The van der Waals surface area contributed by atoms with Crippen molar-refractivity contribution < 1.29 is 9.18 Å². The molecule has 0 bridgehead atoms. The molecule has 0 aromatic heterocycles. The number of aliphatic imine (C=N–C) groups is 2. The van der Waals surface area contributed by atoms with Gasteiger partial charge in [-0.25, -0.2) is 4.39 Å². The Morgan fingerprint density at radius 3 is 2.39 bits per heavy atom. The molecule has 2 rings (SSSR count). The van der Waals surface area contributed by atoms with E-state index in [1.54, 1.807) is 7.05 Å². The summed E-state index contributed by atoms with van der Waals surface area (Å²) in [5.41, 5.74) is 6.74. The lowest BCUT2D eigenvalue weighted by atomic mass is 9.95. The lowest BCUT2D eigenvalue weighted by Gasteiger charge is -2.19. The molecule has 3 N–H and O–H groups in total. The van der Waals surface area contributed by atoms with Crippen molar-refractivity contribution in [1.82, 2.24) is 5.32 Å². The number of halogens is 1. The normalized spacial score (nSPS) is 15.1. The van der Waals surface area contributed by atoms with Crippen LogP contribution in [0.25, 0.3) is 5.57 Å². The molecule has 0 spiro atoms. The fraction of sp³-hybridized carbons (Fsp3) is 0.480. The minimum absolute atomic E-state index is 0.117. The zero-order valence-corrected chi connectivity index (χ0v) is 19.7. The molecule has 0 unspecified atom stereocenters. The average molecular weight is 431 g/mol. The van der Waals surface area contributed by atoms with Crippen LogP contribution in [-0.2, 0) is 4.79 Å². The van der Waals surface area contributed by atoms with E-state index in [0.717, 1.165) is 43.9 Å². The van der Waals surface area contributed by atoms with E-state index in [2.05, 4.69) is 22.8 Å². The average Bonchev–Trinajstić information content (AvgIpc) is 2.84. The quantitative estimate of drug-likeness (QED) is 0.445. The fourth-order valence-corrected chi connectivity index (χ4v) is 3.32. The number of carbonyl (C=O) groups excluding carboxylic acids is 1. The molecule has 1 aromatic rings. The third kappa shape index (κ3) is 9.39. The summed E-state index contributed by atoms with van der Waals surface area (Å²) < 4.78 is 14.7. The van der Waals surface area contributed by atoms with E-state index in [1.807, 2.05) is 51.1 Å². The standard InChI is InChI=1S/C22H28FN3O.C2H6.CH5N/c1-4-9-19(22(27)25-3)16-10-8-11-17(14-16)21(20(23)15-24-2)26-18-12-6-5-7-13-18;2*1-2/h8-11,14-15,18H,2,4-7,12-13H2,1,3H3,(H,25,27);1-2H3;2H2,1H3/b19-9-,20-15+,26-21?;;. The number of carbonyl (C=O) groups is 1. The van der Waals surface area contributed by atoms with Gasteiger partial charge in [0.2, 0.25) is 0 Å². The first-order chi connectivity index (χ1) is 15.1. The van der Waals surface area contributed by atoms with Gasteiger partial charge in [0.15, 0.2) is 5.83 Å². The highest BCUT2D eigenvalue weighted by Crippen LogP contribution is 2.24. The van der Waals surface area contributed by atoms with Gasteiger partial charge in [0, 0.05) is 18.2 Å². The second kappa shape index (κ2) is 17.1. The Bertz CT molecular complexity index is 763. The van der Waals surface area contributed by atoms with E-state index in [1.165, 1.54) is 13.5 Å². The van der Waals surface area contributed by atoms with Crippen molar-refractivity contribution in [3.8, 4) is 0 Å². The summed E-state index contributed by atoms with van der Waals surface area (Å²) in [5, 5.41) is 2.66. The minimum atomic E-state index is -0.506. The first-order valence-electron chi connectivity index (χ1n) is 11.1. The van der Waals surface area contributed by atoms with Gasteiger partial charge in [0.25, 0.3) is 5.91 Å². The second-order valence-electron chi connectivity index (χ2n) is 6.62. The second-order valence-corrected chi connectivity index (χ2v) is 6.62. The topological polar surface area (TPSA) is 79.8 Å². The number of amides is 1. The van der Waals surface area contributed by atoms with Crippen molar-refractivity contribution in [3.05, 3.63) is 53.5 Å². The number of hydrogen-bond donors (Lipinski definition) is 2. The van der Waals surface area contributed by atoms with E-state index in [4.69, 9.17) is 4.99 Å². The largest absolute Gasteiger partial charge is 0.355 e. The molecular weight excluding hydrogens is 391 g/mol. The number of benzene rings is 1. The van der Waals surface area contributed by atoms with Crippen LogP contribution in [0.5, 0.6) is 0 Å². The molecule has 172 valence electrons. The molecule has 0 radical (unpaired) electrons. The van der Waals surface area contributed by atoms with E-state index in [9.17, 15) is 9.18 Å². The predicted octanol–water partition coefficient (Wildman–Crippen LogP) is 5.46. The Hall–Kier alpha value is -2.60. The SMILES string of the molecule is C=N/C=C(/F)C(=NC1CCCCC1)c1cccc(/C(=C/CC)C(=O)NC)c1.CC.CN. The number of allylic oxidation sites excluding steroid dienone is 2. The predicted molar refractivity (Wildman–Crippen MR) is 132 cm³/mol. The van der Waals surface area contributed by atoms with Gasteiger partial charge >= 0.3 is 0 Å². The van der Waals surface area contributed by atoms with Crippen LogP contribution in [-0.4, -0.2) is 38.5 Å². The van der Waals surface area contributed by atoms with Gasteiger partial charge in [-0.3, -0.25) is 14.8 Å². The zero-order chi connectivity index (χ0) is 23.6. The van der Waals surface area contributed by atoms with Gasteiger partial charge in [-0.15, -0.1) is 0 Å². The highest BCUT2D eigenvalue weighted by molar-refractivity contribution is 6.20. The molecule has 1 aromatic carbocycles. The van der Waals surface area contributed by atoms with Crippen molar-refractivity contribution >= 4 is 23.9 Å². The summed E-state index contributed by atoms with van der Waals surface area (Å²) in [5.74, 6) is -0.669. The van der Waals surface area contributed by atoms with Crippen LogP contribution in [0.2, 0.25) is 0 Å². The van der Waals surface area contributed by atoms with Crippen LogP contribution in [0, 0.1) is 0 Å². The third-order valence-corrected chi connectivity index (χ3v) is 4.64. The molecule has 0 atom stereocenters. The van der Waals surface area contributed by atoms with E-state index < -0.39 is 5.83 Å². The number of likely N-dealkylation sites (N-methyl/N-ethyl adjacent to an activating group) is 1. The molecule has 1 aliphatic rings. The van der Waals surface area contributed by atoms with Gasteiger partial charge < -0.3 is 11.1 Å². The molecule has 5 nitrogen and oxygen atoms in total. The van der Waals surface area contributed by atoms with Gasteiger partial charge in [0.05, 0.1) is 12.2 Å². The number of rotatable bonds is 7. The molecule has 1 amide bonds. The molecule has 31 heavy (non-hydrogen) atoms. The summed E-state index contributed by atoms with van der Waals surface area (Å²) in [6, 6.07) is 7.42. The van der Waals surface area contributed by atoms with Crippen LogP contribution in [0.4, 0.5) is 4.39 Å². The summed E-state index contributed by atoms with van der Waals surface area (Å²) in [6.07, 6.45) is 9.07. The smallest absolute Gasteiger partial charge is 0.251 e. The molecule has 1 aliphatic carbocycles. The molecular formula is C25H39FN4O. The Labute approximate surface area is 187 Å². The van der Waals surface area contributed by atoms with Crippen molar-refractivity contribution in [3.63, 3.8) is 0 Å². The van der Waals surface area contributed by atoms with Crippen molar-refractivity contribution in [2.24, 2.45) is 15.7 Å². The molecule has 0 heterocycles. The molecule has 6 heteroatoms. The number of nitrogens with two attached hydrogens (primary N) is 1. The highest BCUT2D eigenvalue weighted by atomic mass is 19.1. The first-order valence-corrected chi connectivity index (χ1v) is 11.1. The Kier molecular flexibility index (Phi) is 15.7. The number of nitrogens with one attached hydrogen (secondary N) is 1. The maximum absolute atomic E-state index is 14.7. The van der Waals surface area contributed by atoms with Gasteiger partial charge in [-0.05, 0) is 44.7 Å². The zero-order valence-electron chi connectivity index (χ0n) is 19.7. The summed E-state index contributed by atoms with van der Waals surface area (Å²) in [7, 11) is 3.10. The van der Waals surface area contributed by atoms with Crippen LogP contribution >= 0.6 is 0 Å².